The van der Waals surface area contributed by atoms with Gasteiger partial charge in [-0.25, -0.2) is 9.97 Å². The molecule has 2 fully saturated rings. The minimum atomic E-state index is -4.59. The summed E-state index contributed by atoms with van der Waals surface area (Å²) in [4.78, 5) is 21.5. The highest BCUT2D eigenvalue weighted by atomic mass is 19.4. The van der Waals surface area contributed by atoms with Crippen molar-refractivity contribution in [3.63, 3.8) is 0 Å². The molecule has 0 saturated carbocycles. The van der Waals surface area contributed by atoms with Gasteiger partial charge < -0.3 is 10.2 Å². The van der Waals surface area contributed by atoms with E-state index < -0.39 is 17.8 Å². The maximum atomic E-state index is 12.9. The van der Waals surface area contributed by atoms with E-state index >= 15 is 0 Å². The number of hydrogen-bond donors (Lipinski definition) is 1. The molecule has 5 nitrogen and oxygen atoms in total. The molecule has 0 aliphatic carbocycles. The van der Waals surface area contributed by atoms with Crippen LogP contribution in [0.4, 0.5) is 13.2 Å². The Labute approximate surface area is 132 Å². The van der Waals surface area contributed by atoms with Crippen molar-refractivity contribution in [3.8, 4) is 0 Å². The molecule has 2 aliphatic heterocycles. The summed E-state index contributed by atoms with van der Waals surface area (Å²) in [5.41, 5.74) is -1.11. The van der Waals surface area contributed by atoms with Crippen LogP contribution in [-0.4, -0.2) is 47.0 Å². The molecule has 0 spiro atoms. The van der Waals surface area contributed by atoms with Gasteiger partial charge in [0, 0.05) is 42.7 Å². The number of halogens is 3. The summed E-state index contributed by atoms with van der Waals surface area (Å²) < 4.78 is 38.6. The normalized spacial score (nSPS) is 30.6. The van der Waals surface area contributed by atoms with Gasteiger partial charge in [-0.2, -0.15) is 13.2 Å². The number of nitrogens with one attached hydrogen (secondary N) is 1. The lowest BCUT2D eigenvalue weighted by Gasteiger charge is -2.30. The number of fused-ring (bicyclic) bond motifs is 1. The van der Waals surface area contributed by atoms with Crippen molar-refractivity contribution >= 4 is 5.91 Å². The highest BCUT2D eigenvalue weighted by Gasteiger charge is 2.56. The lowest BCUT2D eigenvalue weighted by atomic mass is 9.71. The molecule has 1 amide bonds. The molecule has 23 heavy (non-hydrogen) atoms. The number of rotatable bonds is 1. The lowest BCUT2D eigenvalue weighted by molar-refractivity contribution is -0.141. The van der Waals surface area contributed by atoms with Crippen LogP contribution in [0.5, 0.6) is 0 Å². The second-order valence-electron chi connectivity index (χ2n) is 7.10. The second-order valence-corrected chi connectivity index (χ2v) is 7.10. The summed E-state index contributed by atoms with van der Waals surface area (Å²) in [6, 6.07) is 0.849. The van der Waals surface area contributed by atoms with Crippen molar-refractivity contribution in [1.29, 1.82) is 0 Å². The number of likely N-dealkylation sites (tertiary alicyclic amines) is 1. The van der Waals surface area contributed by atoms with Gasteiger partial charge in [0.1, 0.15) is 5.69 Å². The molecule has 1 N–H and O–H groups in total. The molecule has 2 aliphatic rings. The molecule has 3 heterocycles. The van der Waals surface area contributed by atoms with E-state index in [-0.39, 0.29) is 22.3 Å². The molecule has 0 aromatic carbocycles. The molecule has 3 rings (SSSR count). The summed E-state index contributed by atoms with van der Waals surface area (Å²) >= 11 is 0. The Morgan fingerprint density at radius 2 is 1.78 bits per heavy atom. The third-order valence-corrected chi connectivity index (χ3v) is 5.19. The molecular formula is C15H19F3N4O. The van der Waals surface area contributed by atoms with Crippen LogP contribution in [0.25, 0.3) is 0 Å². The molecule has 8 heteroatoms. The van der Waals surface area contributed by atoms with Crippen molar-refractivity contribution in [2.24, 2.45) is 10.8 Å². The van der Waals surface area contributed by atoms with E-state index in [1.165, 1.54) is 6.92 Å². The van der Waals surface area contributed by atoms with E-state index in [2.05, 4.69) is 29.1 Å². The molecule has 0 unspecified atom stereocenters. The first kappa shape index (κ1) is 16.2. The van der Waals surface area contributed by atoms with E-state index in [4.69, 9.17) is 0 Å². The van der Waals surface area contributed by atoms with Crippen LogP contribution >= 0.6 is 0 Å². The lowest BCUT2D eigenvalue weighted by Crippen LogP contribution is -2.35. The summed E-state index contributed by atoms with van der Waals surface area (Å²) in [6.45, 7) is 8.18. The number of nitrogens with zero attached hydrogens (tertiary/aromatic N) is 3. The number of amides is 1. The van der Waals surface area contributed by atoms with Gasteiger partial charge in [-0.15, -0.1) is 0 Å². The topological polar surface area (TPSA) is 58.1 Å². The van der Waals surface area contributed by atoms with Crippen molar-refractivity contribution in [3.05, 3.63) is 23.3 Å². The van der Waals surface area contributed by atoms with E-state index in [9.17, 15) is 18.0 Å². The number of aromatic nitrogens is 2. The van der Waals surface area contributed by atoms with Gasteiger partial charge in [-0.05, 0) is 13.0 Å². The Hall–Kier alpha value is -1.70. The molecule has 1 aromatic heterocycles. The van der Waals surface area contributed by atoms with Gasteiger partial charge in [0.05, 0.1) is 0 Å². The SMILES string of the molecule is Cc1cc(C(F)(F)F)nc(C(=O)N2C[C@]3(C)CNC[C@]3(C)C2)n1. The monoisotopic (exact) mass is 328 g/mol. The summed E-state index contributed by atoms with van der Waals surface area (Å²) in [5.74, 6) is -0.909. The molecular weight excluding hydrogens is 309 g/mol. The predicted octanol–water partition coefficient (Wildman–Crippen LogP) is 1.88. The molecule has 126 valence electrons. The number of carbonyl (C=O) groups excluding carboxylic acids is 1. The number of aryl methyl sites for hydroxylation is 1. The summed E-state index contributed by atoms with van der Waals surface area (Å²) in [5, 5.41) is 3.32. The van der Waals surface area contributed by atoms with Crippen molar-refractivity contribution in [2.45, 2.75) is 26.9 Å². The van der Waals surface area contributed by atoms with Crippen molar-refractivity contribution in [2.75, 3.05) is 26.2 Å². The third-order valence-electron chi connectivity index (χ3n) is 5.19. The summed E-state index contributed by atoms with van der Waals surface area (Å²) in [7, 11) is 0. The van der Waals surface area contributed by atoms with Gasteiger partial charge in [-0.3, -0.25) is 4.79 Å². The number of alkyl halides is 3. The summed E-state index contributed by atoms with van der Waals surface area (Å²) in [6.07, 6.45) is -4.59. The van der Waals surface area contributed by atoms with Crippen LogP contribution in [0, 0.1) is 17.8 Å². The van der Waals surface area contributed by atoms with E-state index in [1.807, 2.05) is 0 Å². The first-order chi connectivity index (χ1) is 10.5. The standard InChI is InChI=1S/C15H19F3N4O/c1-9-4-10(15(16,17)18)21-11(20-9)12(23)22-7-13(2)5-19-6-14(13,3)8-22/h4,19H,5-8H2,1-3H3/t13-,14+. The first-order valence-corrected chi connectivity index (χ1v) is 7.47. The molecule has 2 atom stereocenters. The molecule has 0 bridgehead atoms. The van der Waals surface area contributed by atoms with Gasteiger partial charge >= 0.3 is 6.18 Å². The highest BCUT2D eigenvalue weighted by Crippen LogP contribution is 2.48. The van der Waals surface area contributed by atoms with Gasteiger partial charge in [0.15, 0.2) is 0 Å². The number of hydrogen-bond acceptors (Lipinski definition) is 4. The van der Waals surface area contributed by atoms with Crippen molar-refractivity contribution in [1.82, 2.24) is 20.2 Å². The fraction of sp³-hybridized carbons (Fsp3) is 0.667. The Kier molecular flexibility index (Phi) is 3.44. The van der Waals surface area contributed by atoms with E-state index in [1.54, 1.807) is 4.90 Å². The van der Waals surface area contributed by atoms with Crippen LogP contribution < -0.4 is 5.32 Å². The average Bonchev–Trinajstić information content (AvgIpc) is 2.84. The second kappa shape index (κ2) is 4.90. The largest absolute Gasteiger partial charge is 0.433 e. The quantitative estimate of drug-likeness (QED) is 0.855. The Balaban J connectivity index is 1.89. The van der Waals surface area contributed by atoms with Crippen LogP contribution in [-0.2, 0) is 6.18 Å². The minimum absolute atomic E-state index is 0.0840. The van der Waals surface area contributed by atoms with Crippen LogP contribution in [0.2, 0.25) is 0 Å². The molecule has 1 aromatic rings. The smallest absolute Gasteiger partial charge is 0.335 e. The molecule has 0 radical (unpaired) electrons. The fourth-order valence-electron chi connectivity index (χ4n) is 3.53. The van der Waals surface area contributed by atoms with Crippen LogP contribution in [0.15, 0.2) is 6.07 Å². The van der Waals surface area contributed by atoms with Crippen LogP contribution in [0.3, 0.4) is 0 Å². The zero-order valence-corrected chi connectivity index (χ0v) is 13.3. The van der Waals surface area contributed by atoms with Gasteiger partial charge in [0.2, 0.25) is 5.82 Å². The maximum Gasteiger partial charge on any atom is 0.433 e. The van der Waals surface area contributed by atoms with Gasteiger partial charge in [-0.1, -0.05) is 13.8 Å². The maximum absolute atomic E-state index is 12.9. The molecule has 2 saturated heterocycles. The zero-order chi connectivity index (χ0) is 17.0. The Morgan fingerprint density at radius 3 is 2.30 bits per heavy atom. The third kappa shape index (κ3) is 2.58. The average molecular weight is 328 g/mol. The Bertz CT molecular complexity index is 645. The predicted molar refractivity (Wildman–Crippen MR) is 76.8 cm³/mol. The fourth-order valence-corrected chi connectivity index (χ4v) is 3.53. The zero-order valence-electron chi connectivity index (χ0n) is 13.3. The van der Waals surface area contributed by atoms with Gasteiger partial charge in [0.25, 0.3) is 5.91 Å². The Morgan fingerprint density at radius 1 is 1.22 bits per heavy atom. The van der Waals surface area contributed by atoms with Crippen LogP contribution in [0.1, 0.15) is 35.9 Å². The van der Waals surface area contributed by atoms with E-state index in [0.29, 0.717) is 13.1 Å². The highest BCUT2D eigenvalue weighted by molar-refractivity contribution is 5.91. The van der Waals surface area contributed by atoms with Crippen molar-refractivity contribution < 1.29 is 18.0 Å². The first-order valence-electron chi connectivity index (χ1n) is 7.47. The van der Waals surface area contributed by atoms with E-state index in [0.717, 1.165) is 19.2 Å². The minimum Gasteiger partial charge on any atom is -0.335 e. The number of carbonyl (C=O) groups is 1.